The van der Waals surface area contributed by atoms with Crippen LogP contribution in [0.1, 0.15) is 52.4 Å². The van der Waals surface area contributed by atoms with Gasteiger partial charge in [0, 0.05) is 12.3 Å². The minimum absolute atomic E-state index is 0.136. The molecule has 0 aliphatic rings. The SMILES string of the molecule is CCCCCC(CCCBr)OC(C)=O. The fourth-order valence-corrected chi connectivity index (χ4v) is 1.75. The van der Waals surface area contributed by atoms with Gasteiger partial charge in [-0.05, 0) is 25.7 Å². The van der Waals surface area contributed by atoms with Gasteiger partial charge < -0.3 is 4.74 Å². The van der Waals surface area contributed by atoms with Gasteiger partial charge in [-0.1, -0.05) is 35.7 Å². The minimum Gasteiger partial charge on any atom is -0.463 e. The number of carbonyl (C=O) groups is 1. The molecule has 0 aromatic heterocycles. The molecule has 1 unspecified atom stereocenters. The van der Waals surface area contributed by atoms with E-state index in [1.54, 1.807) is 0 Å². The van der Waals surface area contributed by atoms with Crippen LogP contribution < -0.4 is 0 Å². The van der Waals surface area contributed by atoms with Gasteiger partial charge in [0.1, 0.15) is 6.10 Å². The van der Waals surface area contributed by atoms with E-state index in [1.165, 1.54) is 19.8 Å². The summed E-state index contributed by atoms with van der Waals surface area (Å²) in [5, 5.41) is 0.985. The highest BCUT2D eigenvalue weighted by Crippen LogP contribution is 2.13. The molecule has 0 aliphatic carbocycles. The van der Waals surface area contributed by atoms with Gasteiger partial charge in [-0.2, -0.15) is 0 Å². The van der Waals surface area contributed by atoms with Crippen molar-refractivity contribution in [3.05, 3.63) is 0 Å². The number of hydrogen-bond acceptors (Lipinski definition) is 2. The largest absolute Gasteiger partial charge is 0.463 e. The van der Waals surface area contributed by atoms with Crippen LogP contribution in [0.15, 0.2) is 0 Å². The van der Waals surface area contributed by atoms with Gasteiger partial charge in [0.05, 0.1) is 0 Å². The predicted octanol–water partition coefficient (Wildman–Crippen LogP) is 3.67. The lowest BCUT2D eigenvalue weighted by molar-refractivity contribution is -0.147. The molecule has 0 aromatic carbocycles. The van der Waals surface area contributed by atoms with E-state index in [2.05, 4.69) is 22.9 Å². The fourth-order valence-electron chi connectivity index (χ4n) is 1.42. The second-order valence-electron chi connectivity index (χ2n) is 3.56. The number of halogens is 1. The number of rotatable bonds is 8. The lowest BCUT2D eigenvalue weighted by Crippen LogP contribution is -2.16. The lowest BCUT2D eigenvalue weighted by atomic mass is 10.1. The van der Waals surface area contributed by atoms with Crippen LogP contribution in [0.5, 0.6) is 0 Å². The fraction of sp³-hybridized carbons (Fsp3) is 0.909. The highest BCUT2D eigenvalue weighted by molar-refractivity contribution is 9.09. The maximum atomic E-state index is 10.8. The zero-order valence-electron chi connectivity index (χ0n) is 9.22. The molecular formula is C11H21BrO2. The van der Waals surface area contributed by atoms with Crippen molar-refractivity contribution in [2.24, 2.45) is 0 Å². The number of ether oxygens (including phenoxy) is 1. The Labute approximate surface area is 95.5 Å². The predicted molar refractivity (Wildman–Crippen MR) is 62.7 cm³/mol. The molecule has 0 rings (SSSR count). The summed E-state index contributed by atoms with van der Waals surface area (Å²) >= 11 is 3.39. The monoisotopic (exact) mass is 264 g/mol. The van der Waals surface area contributed by atoms with Crippen molar-refractivity contribution in [1.29, 1.82) is 0 Å². The number of hydrogen-bond donors (Lipinski definition) is 0. The third-order valence-corrected chi connectivity index (χ3v) is 2.68. The molecule has 0 fully saturated rings. The third-order valence-electron chi connectivity index (χ3n) is 2.12. The molecule has 0 radical (unpaired) electrons. The first-order chi connectivity index (χ1) is 6.70. The molecule has 84 valence electrons. The highest BCUT2D eigenvalue weighted by atomic mass is 79.9. The van der Waals surface area contributed by atoms with Gasteiger partial charge in [-0.15, -0.1) is 0 Å². The number of unbranched alkanes of at least 4 members (excludes halogenated alkanes) is 2. The summed E-state index contributed by atoms with van der Waals surface area (Å²) in [6.07, 6.45) is 6.81. The van der Waals surface area contributed by atoms with E-state index in [0.717, 1.165) is 31.0 Å². The van der Waals surface area contributed by atoms with Crippen LogP contribution in [-0.4, -0.2) is 17.4 Å². The molecule has 3 heteroatoms. The summed E-state index contributed by atoms with van der Waals surface area (Å²) in [4.78, 5) is 10.8. The highest BCUT2D eigenvalue weighted by Gasteiger charge is 2.10. The number of carbonyl (C=O) groups excluding carboxylic acids is 1. The molecule has 0 aliphatic heterocycles. The van der Waals surface area contributed by atoms with E-state index >= 15 is 0 Å². The molecule has 1 atom stereocenters. The molecule has 14 heavy (non-hydrogen) atoms. The summed E-state index contributed by atoms with van der Waals surface area (Å²) < 4.78 is 5.24. The van der Waals surface area contributed by atoms with Crippen molar-refractivity contribution in [2.45, 2.75) is 58.5 Å². The van der Waals surface area contributed by atoms with Crippen molar-refractivity contribution in [3.63, 3.8) is 0 Å². The summed E-state index contributed by atoms with van der Waals surface area (Å²) in [6, 6.07) is 0. The maximum Gasteiger partial charge on any atom is 0.302 e. The quantitative estimate of drug-likeness (QED) is 0.380. The van der Waals surface area contributed by atoms with Gasteiger partial charge in [0.15, 0.2) is 0 Å². The third kappa shape index (κ3) is 8.54. The van der Waals surface area contributed by atoms with E-state index in [4.69, 9.17) is 4.74 Å². The van der Waals surface area contributed by atoms with Gasteiger partial charge in [0.2, 0.25) is 0 Å². The Morgan fingerprint density at radius 1 is 1.29 bits per heavy atom. The molecule has 0 spiro atoms. The Hall–Kier alpha value is -0.0500. The number of alkyl halides is 1. The second-order valence-corrected chi connectivity index (χ2v) is 4.35. The van der Waals surface area contributed by atoms with E-state index in [1.807, 2.05) is 0 Å². The molecule has 0 heterocycles. The van der Waals surface area contributed by atoms with E-state index in [0.29, 0.717) is 0 Å². The molecule has 2 nitrogen and oxygen atoms in total. The second kappa shape index (κ2) is 9.50. The topological polar surface area (TPSA) is 26.3 Å². The lowest BCUT2D eigenvalue weighted by Gasteiger charge is -2.16. The van der Waals surface area contributed by atoms with Crippen molar-refractivity contribution in [2.75, 3.05) is 5.33 Å². The van der Waals surface area contributed by atoms with Gasteiger partial charge in [-0.25, -0.2) is 0 Å². The van der Waals surface area contributed by atoms with Crippen LogP contribution in [0.4, 0.5) is 0 Å². The first-order valence-electron chi connectivity index (χ1n) is 5.43. The maximum absolute atomic E-state index is 10.8. The normalized spacial score (nSPS) is 12.5. The summed E-state index contributed by atoms with van der Waals surface area (Å²) in [5.41, 5.74) is 0. The molecule has 0 saturated heterocycles. The van der Waals surface area contributed by atoms with Crippen LogP contribution in [0.2, 0.25) is 0 Å². The van der Waals surface area contributed by atoms with Crippen molar-refractivity contribution in [1.82, 2.24) is 0 Å². The Morgan fingerprint density at radius 2 is 1.93 bits per heavy atom. The minimum atomic E-state index is -0.152. The summed E-state index contributed by atoms with van der Waals surface area (Å²) in [5.74, 6) is -0.152. The molecule has 0 N–H and O–H groups in total. The summed E-state index contributed by atoms with van der Waals surface area (Å²) in [6.45, 7) is 3.67. The Kier molecular flexibility index (Phi) is 9.47. The first kappa shape index (κ1) is 13.9. The molecular weight excluding hydrogens is 244 g/mol. The zero-order valence-corrected chi connectivity index (χ0v) is 10.8. The molecule has 0 amide bonds. The van der Waals surface area contributed by atoms with E-state index in [9.17, 15) is 4.79 Å². The van der Waals surface area contributed by atoms with Gasteiger partial charge in [-0.3, -0.25) is 4.79 Å². The van der Waals surface area contributed by atoms with Crippen molar-refractivity contribution < 1.29 is 9.53 Å². The molecule has 0 aromatic rings. The standard InChI is InChI=1S/C11H21BrO2/c1-3-4-5-7-11(8-6-9-12)14-10(2)13/h11H,3-9H2,1-2H3. The zero-order chi connectivity index (χ0) is 10.8. The Morgan fingerprint density at radius 3 is 2.43 bits per heavy atom. The molecule has 0 bridgehead atoms. The van der Waals surface area contributed by atoms with Crippen LogP contribution in [0, 0.1) is 0 Å². The Bertz CT molecular complexity index is 148. The van der Waals surface area contributed by atoms with Crippen molar-refractivity contribution in [3.8, 4) is 0 Å². The van der Waals surface area contributed by atoms with E-state index in [-0.39, 0.29) is 12.1 Å². The van der Waals surface area contributed by atoms with Gasteiger partial charge in [0.25, 0.3) is 0 Å². The van der Waals surface area contributed by atoms with Crippen LogP contribution in [0.25, 0.3) is 0 Å². The Balaban J connectivity index is 3.66. The van der Waals surface area contributed by atoms with Crippen LogP contribution in [0.3, 0.4) is 0 Å². The summed E-state index contributed by atoms with van der Waals surface area (Å²) in [7, 11) is 0. The van der Waals surface area contributed by atoms with Crippen LogP contribution in [-0.2, 0) is 9.53 Å². The smallest absolute Gasteiger partial charge is 0.302 e. The molecule has 0 saturated carbocycles. The van der Waals surface area contributed by atoms with Gasteiger partial charge >= 0.3 is 5.97 Å². The van der Waals surface area contributed by atoms with E-state index < -0.39 is 0 Å². The van der Waals surface area contributed by atoms with Crippen LogP contribution >= 0.6 is 15.9 Å². The van der Waals surface area contributed by atoms with Crippen molar-refractivity contribution >= 4 is 21.9 Å². The first-order valence-corrected chi connectivity index (χ1v) is 6.56. The average Bonchev–Trinajstić information content (AvgIpc) is 2.13. The average molecular weight is 265 g/mol. The number of esters is 1.